The summed E-state index contributed by atoms with van der Waals surface area (Å²) in [6, 6.07) is 11.2. The molecule has 6 heteroatoms. The highest BCUT2D eigenvalue weighted by atomic mass is 15.3. The number of nitrogens with one attached hydrogen (secondary N) is 1. The Kier molecular flexibility index (Phi) is 4.54. The largest absolute Gasteiger partial charge is 0.314 e. The van der Waals surface area contributed by atoms with Crippen LogP contribution in [0.3, 0.4) is 0 Å². The maximum Gasteiger partial charge on any atom is 0.138 e. The number of aryl methyl sites for hydroxylation is 1. The average Bonchev–Trinajstić information content (AvgIpc) is 3.17. The molecule has 1 unspecified atom stereocenters. The minimum Gasteiger partial charge on any atom is -0.314 e. The number of pyridine rings is 1. The monoisotopic (exact) mass is 334 g/mol. The summed E-state index contributed by atoms with van der Waals surface area (Å²) in [6.07, 6.45) is 7.05. The fraction of sp³-hybridized carbons (Fsp3) is 0.316. The zero-order valence-electron chi connectivity index (χ0n) is 14.3. The van der Waals surface area contributed by atoms with Crippen LogP contribution in [-0.4, -0.2) is 44.3 Å². The van der Waals surface area contributed by atoms with Crippen LogP contribution in [0, 0.1) is 6.92 Å². The van der Waals surface area contributed by atoms with Gasteiger partial charge in [-0.1, -0.05) is 12.1 Å². The Morgan fingerprint density at radius 2 is 2.04 bits per heavy atom. The Morgan fingerprint density at radius 3 is 2.80 bits per heavy atom. The first kappa shape index (κ1) is 15.9. The van der Waals surface area contributed by atoms with Gasteiger partial charge in [0, 0.05) is 44.6 Å². The summed E-state index contributed by atoms with van der Waals surface area (Å²) >= 11 is 0. The molecule has 3 heterocycles. The van der Waals surface area contributed by atoms with Crippen LogP contribution in [0.4, 0.5) is 0 Å². The zero-order chi connectivity index (χ0) is 17.1. The third-order valence-electron chi connectivity index (χ3n) is 4.76. The van der Waals surface area contributed by atoms with Gasteiger partial charge in [0.2, 0.25) is 0 Å². The van der Waals surface area contributed by atoms with E-state index in [-0.39, 0.29) is 0 Å². The van der Waals surface area contributed by atoms with Crippen LogP contribution < -0.4 is 5.32 Å². The lowest BCUT2D eigenvalue weighted by molar-refractivity contribution is 0.153. The molecule has 1 aromatic carbocycles. The molecule has 3 aromatic rings. The minimum absolute atomic E-state index is 0.382. The predicted molar refractivity (Wildman–Crippen MR) is 96.4 cm³/mol. The molecule has 4 rings (SSSR count). The molecule has 0 aliphatic carbocycles. The van der Waals surface area contributed by atoms with Gasteiger partial charge in [0.1, 0.15) is 12.7 Å². The van der Waals surface area contributed by atoms with Crippen molar-refractivity contribution in [3.8, 4) is 5.69 Å². The van der Waals surface area contributed by atoms with Crippen molar-refractivity contribution >= 4 is 0 Å². The normalized spacial score (nSPS) is 18.4. The number of hydrogen-bond acceptors (Lipinski definition) is 5. The summed E-state index contributed by atoms with van der Waals surface area (Å²) in [7, 11) is 0. The minimum atomic E-state index is 0.382. The van der Waals surface area contributed by atoms with E-state index in [2.05, 4.69) is 62.5 Å². The Labute approximate surface area is 147 Å². The fourth-order valence-corrected chi connectivity index (χ4v) is 3.49. The fourth-order valence-electron chi connectivity index (χ4n) is 3.49. The van der Waals surface area contributed by atoms with Gasteiger partial charge in [0.15, 0.2) is 0 Å². The lowest BCUT2D eigenvalue weighted by Gasteiger charge is -2.36. The second-order valence-electron chi connectivity index (χ2n) is 6.43. The van der Waals surface area contributed by atoms with E-state index in [1.165, 1.54) is 16.7 Å². The molecule has 1 aliphatic rings. The molecule has 0 bridgehead atoms. The zero-order valence-corrected chi connectivity index (χ0v) is 14.3. The van der Waals surface area contributed by atoms with Crippen molar-refractivity contribution in [1.29, 1.82) is 0 Å². The SMILES string of the molecule is Cc1cc(CN2CCNCC2c2ccncc2)ccc1-n1cncn1. The number of nitrogens with zero attached hydrogens (tertiary/aromatic N) is 5. The number of rotatable bonds is 4. The average molecular weight is 334 g/mol. The molecule has 0 radical (unpaired) electrons. The van der Waals surface area contributed by atoms with Crippen LogP contribution in [0.25, 0.3) is 5.69 Å². The molecule has 6 nitrogen and oxygen atoms in total. The van der Waals surface area contributed by atoms with Crippen LogP contribution in [0.1, 0.15) is 22.7 Å². The summed E-state index contributed by atoms with van der Waals surface area (Å²) in [6.45, 7) is 6.10. The van der Waals surface area contributed by atoms with E-state index >= 15 is 0 Å². The van der Waals surface area contributed by atoms with Crippen molar-refractivity contribution in [2.45, 2.75) is 19.5 Å². The highest BCUT2D eigenvalue weighted by Gasteiger charge is 2.23. The lowest BCUT2D eigenvalue weighted by Crippen LogP contribution is -2.45. The molecule has 1 atom stereocenters. The van der Waals surface area contributed by atoms with E-state index in [0.717, 1.165) is 31.9 Å². The lowest BCUT2D eigenvalue weighted by atomic mass is 10.0. The number of hydrogen-bond donors (Lipinski definition) is 1. The van der Waals surface area contributed by atoms with Crippen molar-refractivity contribution in [1.82, 2.24) is 30.0 Å². The van der Waals surface area contributed by atoms with Crippen LogP contribution in [-0.2, 0) is 6.54 Å². The van der Waals surface area contributed by atoms with E-state index in [1.807, 2.05) is 17.1 Å². The number of benzene rings is 1. The molecule has 1 saturated heterocycles. The van der Waals surface area contributed by atoms with Gasteiger partial charge in [-0.15, -0.1) is 0 Å². The summed E-state index contributed by atoms with van der Waals surface area (Å²) < 4.78 is 1.81. The first-order valence-electron chi connectivity index (χ1n) is 8.60. The quantitative estimate of drug-likeness (QED) is 0.792. The number of piperazine rings is 1. The molecule has 0 saturated carbocycles. The first-order chi connectivity index (χ1) is 12.3. The van der Waals surface area contributed by atoms with Crippen molar-refractivity contribution in [3.63, 3.8) is 0 Å². The van der Waals surface area contributed by atoms with Crippen molar-refractivity contribution in [2.75, 3.05) is 19.6 Å². The van der Waals surface area contributed by atoms with Crippen LogP contribution >= 0.6 is 0 Å². The van der Waals surface area contributed by atoms with E-state index in [1.54, 1.807) is 12.7 Å². The van der Waals surface area contributed by atoms with Crippen molar-refractivity contribution in [2.24, 2.45) is 0 Å². The van der Waals surface area contributed by atoms with Gasteiger partial charge in [-0.3, -0.25) is 9.88 Å². The Bertz CT molecular complexity index is 815. The Hall–Kier alpha value is -2.57. The van der Waals surface area contributed by atoms with Gasteiger partial charge < -0.3 is 5.32 Å². The van der Waals surface area contributed by atoms with Crippen LogP contribution in [0.5, 0.6) is 0 Å². The third-order valence-corrected chi connectivity index (χ3v) is 4.76. The molecule has 1 aliphatic heterocycles. The topological polar surface area (TPSA) is 58.9 Å². The second kappa shape index (κ2) is 7.13. The van der Waals surface area contributed by atoms with Crippen molar-refractivity contribution in [3.05, 3.63) is 72.1 Å². The van der Waals surface area contributed by atoms with Gasteiger partial charge in [-0.2, -0.15) is 5.10 Å². The maximum atomic E-state index is 4.23. The van der Waals surface area contributed by atoms with Crippen LogP contribution in [0.2, 0.25) is 0 Å². The van der Waals surface area contributed by atoms with E-state index in [4.69, 9.17) is 0 Å². The van der Waals surface area contributed by atoms with E-state index in [9.17, 15) is 0 Å². The highest BCUT2D eigenvalue weighted by molar-refractivity contribution is 5.41. The van der Waals surface area contributed by atoms with Crippen LogP contribution in [0.15, 0.2) is 55.4 Å². The molecule has 1 N–H and O–H groups in total. The number of aromatic nitrogens is 4. The van der Waals surface area contributed by atoms with E-state index in [0.29, 0.717) is 6.04 Å². The molecule has 1 fully saturated rings. The summed E-state index contributed by atoms with van der Waals surface area (Å²) in [4.78, 5) is 10.7. The second-order valence-corrected chi connectivity index (χ2v) is 6.43. The van der Waals surface area contributed by atoms with Gasteiger partial charge in [-0.05, 0) is 41.8 Å². The Morgan fingerprint density at radius 1 is 1.16 bits per heavy atom. The van der Waals surface area contributed by atoms with Crippen molar-refractivity contribution < 1.29 is 0 Å². The van der Waals surface area contributed by atoms with E-state index < -0.39 is 0 Å². The maximum absolute atomic E-state index is 4.23. The molecular formula is C19H22N6. The standard InChI is InChI=1S/C19H22N6/c1-15-10-16(2-3-18(15)25-14-22-13-23-25)12-24-9-8-21-11-19(24)17-4-6-20-7-5-17/h2-7,10,13-14,19,21H,8-9,11-12H2,1H3. The molecular weight excluding hydrogens is 312 g/mol. The Balaban J connectivity index is 1.55. The van der Waals surface area contributed by atoms with Gasteiger partial charge in [0.05, 0.1) is 5.69 Å². The van der Waals surface area contributed by atoms with Gasteiger partial charge in [0.25, 0.3) is 0 Å². The predicted octanol–water partition coefficient (Wildman–Crippen LogP) is 2.12. The van der Waals surface area contributed by atoms with Gasteiger partial charge >= 0.3 is 0 Å². The highest BCUT2D eigenvalue weighted by Crippen LogP contribution is 2.24. The molecule has 128 valence electrons. The first-order valence-corrected chi connectivity index (χ1v) is 8.60. The summed E-state index contributed by atoms with van der Waals surface area (Å²) in [5.74, 6) is 0. The summed E-state index contributed by atoms with van der Waals surface area (Å²) in [5.41, 5.74) is 4.92. The molecule has 25 heavy (non-hydrogen) atoms. The summed E-state index contributed by atoms with van der Waals surface area (Å²) in [5, 5.41) is 7.73. The smallest absolute Gasteiger partial charge is 0.138 e. The third kappa shape index (κ3) is 3.45. The molecule has 0 amide bonds. The molecule has 0 spiro atoms. The van der Waals surface area contributed by atoms with Gasteiger partial charge in [-0.25, -0.2) is 9.67 Å². The molecule has 2 aromatic heterocycles.